The van der Waals surface area contributed by atoms with E-state index in [-0.39, 0.29) is 5.91 Å². The minimum absolute atomic E-state index is 0.0554. The summed E-state index contributed by atoms with van der Waals surface area (Å²) in [5, 5.41) is 2.99. The van der Waals surface area contributed by atoms with Crippen molar-refractivity contribution in [2.75, 3.05) is 0 Å². The molecule has 0 saturated carbocycles. The Kier molecular flexibility index (Phi) is 6.79. The number of ether oxygens (including phenoxy) is 1. The zero-order chi connectivity index (χ0) is 19.8. The number of pyridine rings is 1. The molecule has 4 heteroatoms. The van der Waals surface area contributed by atoms with E-state index in [9.17, 15) is 4.79 Å². The first-order chi connectivity index (χ1) is 13.6. The van der Waals surface area contributed by atoms with Crippen LogP contribution in [0.15, 0.2) is 66.9 Å². The van der Waals surface area contributed by atoms with Crippen LogP contribution in [-0.4, -0.2) is 10.9 Å². The molecule has 0 fully saturated rings. The normalized spacial score (nSPS) is 10.5. The summed E-state index contributed by atoms with van der Waals surface area (Å²) in [4.78, 5) is 16.5. The quantitative estimate of drug-likeness (QED) is 0.630. The molecule has 28 heavy (non-hydrogen) atoms. The molecular weight excluding hydrogens is 348 g/mol. The second-order valence-electron chi connectivity index (χ2n) is 6.96. The van der Waals surface area contributed by atoms with E-state index >= 15 is 0 Å². The predicted molar refractivity (Wildman–Crippen MR) is 111 cm³/mol. The van der Waals surface area contributed by atoms with Gasteiger partial charge >= 0.3 is 0 Å². The summed E-state index contributed by atoms with van der Waals surface area (Å²) in [6.07, 6.45) is 2.99. The molecule has 3 aromatic rings. The number of aromatic nitrogens is 1. The topological polar surface area (TPSA) is 51.2 Å². The number of aryl methyl sites for hydroxylation is 3. The van der Waals surface area contributed by atoms with Crippen molar-refractivity contribution in [3.8, 4) is 5.75 Å². The van der Waals surface area contributed by atoms with Crippen molar-refractivity contribution in [3.63, 3.8) is 0 Å². The van der Waals surface area contributed by atoms with Crippen LogP contribution < -0.4 is 10.1 Å². The molecule has 0 radical (unpaired) electrons. The van der Waals surface area contributed by atoms with Crippen LogP contribution in [0.3, 0.4) is 0 Å². The van der Waals surface area contributed by atoms with Crippen molar-refractivity contribution in [1.29, 1.82) is 0 Å². The molecule has 1 aromatic heterocycles. The van der Waals surface area contributed by atoms with E-state index in [1.54, 1.807) is 6.20 Å². The first kappa shape index (κ1) is 19.6. The fraction of sp³-hybridized carbons (Fsp3) is 0.250. The van der Waals surface area contributed by atoms with Crippen LogP contribution in [0.2, 0.25) is 0 Å². The fourth-order valence-corrected chi connectivity index (χ4v) is 3.05. The molecule has 1 amide bonds. The third-order valence-corrected chi connectivity index (χ3v) is 4.62. The first-order valence-electron chi connectivity index (χ1n) is 9.54. The number of carbonyl (C=O) groups excluding carboxylic acids is 1. The summed E-state index contributed by atoms with van der Waals surface area (Å²) in [6, 6.07) is 19.9. The highest BCUT2D eigenvalue weighted by Gasteiger charge is 2.05. The maximum absolute atomic E-state index is 12.2. The Morgan fingerprint density at radius 3 is 2.71 bits per heavy atom. The number of rotatable bonds is 8. The van der Waals surface area contributed by atoms with Crippen molar-refractivity contribution < 1.29 is 9.53 Å². The summed E-state index contributed by atoms with van der Waals surface area (Å²) in [5.74, 6) is 0.826. The molecular formula is C24H26N2O2. The van der Waals surface area contributed by atoms with Gasteiger partial charge in [-0.3, -0.25) is 9.78 Å². The van der Waals surface area contributed by atoms with Gasteiger partial charge < -0.3 is 10.1 Å². The molecule has 2 aromatic carbocycles. The molecule has 0 saturated heterocycles. The summed E-state index contributed by atoms with van der Waals surface area (Å²) in [7, 11) is 0. The minimum atomic E-state index is 0.0554. The fourth-order valence-electron chi connectivity index (χ4n) is 3.05. The van der Waals surface area contributed by atoms with Gasteiger partial charge in [0.05, 0.1) is 5.69 Å². The zero-order valence-corrected chi connectivity index (χ0v) is 16.4. The van der Waals surface area contributed by atoms with Gasteiger partial charge in [-0.05, 0) is 61.2 Å². The second-order valence-corrected chi connectivity index (χ2v) is 6.96. The maximum atomic E-state index is 12.2. The van der Waals surface area contributed by atoms with E-state index in [1.807, 2.05) is 42.5 Å². The number of benzene rings is 2. The third kappa shape index (κ3) is 5.95. The van der Waals surface area contributed by atoms with Crippen LogP contribution in [0.4, 0.5) is 0 Å². The molecule has 3 rings (SSSR count). The molecule has 0 bridgehead atoms. The molecule has 0 aliphatic heterocycles. The van der Waals surface area contributed by atoms with Gasteiger partial charge in [0, 0.05) is 19.2 Å². The van der Waals surface area contributed by atoms with Gasteiger partial charge in [0.15, 0.2) is 0 Å². The lowest BCUT2D eigenvalue weighted by atomic mass is 10.0. The molecule has 1 N–H and O–H groups in total. The average molecular weight is 374 g/mol. The van der Waals surface area contributed by atoms with Crippen molar-refractivity contribution >= 4 is 5.91 Å². The molecule has 4 nitrogen and oxygen atoms in total. The minimum Gasteiger partial charge on any atom is -0.487 e. The molecule has 144 valence electrons. The van der Waals surface area contributed by atoms with Crippen LogP contribution in [-0.2, 0) is 24.4 Å². The highest BCUT2D eigenvalue weighted by Crippen LogP contribution is 2.15. The van der Waals surface area contributed by atoms with Gasteiger partial charge in [0.2, 0.25) is 5.91 Å². The van der Waals surface area contributed by atoms with Crippen LogP contribution in [0, 0.1) is 13.8 Å². The third-order valence-electron chi connectivity index (χ3n) is 4.62. The van der Waals surface area contributed by atoms with Gasteiger partial charge in [-0.1, -0.05) is 42.0 Å². The second kappa shape index (κ2) is 9.70. The first-order valence-corrected chi connectivity index (χ1v) is 9.54. The molecule has 0 atom stereocenters. The maximum Gasteiger partial charge on any atom is 0.220 e. The summed E-state index contributed by atoms with van der Waals surface area (Å²) in [5.41, 5.74) is 5.61. The van der Waals surface area contributed by atoms with Gasteiger partial charge in [-0.2, -0.15) is 0 Å². The summed E-state index contributed by atoms with van der Waals surface area (Å²) in [6.45, 7) is 5.09. The number of amides is 1. The Labute approximate surface area is 166 Å². The van der Waals surface area contributed by atoms with E-state index in [0.717, 1.165) is 23.4 Å². The highest BCUT2D eigenvalue weighted by atomic mass is 16.5. The van der Waals surface area contributed by atoms with E-state index in [2.05, 4.69) is 42.3 Å². The smallest absolute Gasteiger partial charge is 0.220 e. The van der Waals surface area contributed by atoms with Crippen LogP contribution in [0.1, 0.15) is 34.4 Å². The number of hydrogen-bond acceptors (Lipinski definition) is 3. The van der Waals surface area contributed by atoms with Crippen molar-refractivity contribution in [1.82, 2.24) is 10.3 Å². The van der Waals surface area contributed by atoms with Crippen LogP contribution >= 0.6 is 0 Å². The largest absolute Gasteiger partial charge is 0.487 e. The Bertz CT molecular complexity index is 923. The standard InChI is InChI=1S/C24H26N2O2/c1-18-9-10-21(19(2)14-18)11-12-24(27)26-16-20-6-5-8-23(15-20)28-17-22-7-3-4-13-25-22/h3-10,13-15H,11-12,16-17H2,1-2H3,(H,26,27). The van der Waals surface area contributed by atoms with E-state index in [4.69, 9.17) is 4.74 Å². The SMILES string of the molecule is Cc1ccc(CCC(=O)NCc2cccc(OCc3ccccn3)c2)c(C)c1. The number of hydrogen-bond donors (Lipinski definition) is 1. The number of nitrogens with zero attached hydrogens (tertiary/aromatic N) is 1. The van der Waals surface area contributed by atoms with Gasteiger partial charge in [0.1, 0.15) is 12.4 Å². The average Bonchev–Trinajstić information content (AvgIpc) is 2.71. The van der Waals surface area contributed by atoms with Crippen molar-refractivity contribution in [2.24, 2.45) is 0 Å². The van der Waals surface area contributed by atoms with E-state index in [0.29, 0.717) is 19.6 Å². The Morgan fingerprint density at radius 1 is 1.04 bits per heavy atom. The lowest BCUT2D eigenvalue weighted by Gasteiger charge is -2.10. The molecule has 0 unspecified atom stereocenters. The molecule has 0 spiro atoms. The predicted octanol–water partition coefficient (Wildman–Crippen LogP) is 4.53. The number of nitrogens with one attached hydrogen (secondary N) is 1. The van der Waals surface area contributed by atoms with E-state index in [1.165, 1.54) is 16.7 Å². The zero-order valence-electron chi connectivity index (χ0n) is 16.4. The van der Waals surface area contributed by atoms with Crippen LogP contribution in [0.5, 0.6) is 5.75 Å². The lowest BCUT2D eigenvalue weighted by Crippen LogP contribution is -2.23. The van der Waals surface area contributed by atoms with Gasteiger partial charge in [0.25, 0.3) is 0 Å². The van der Waals surface area contributed by atoms with Gasteiger partial charge in [-0.15, -0.1) is 0 Å². The number of carbonyl (C=O) groups is 1. The summed E-state index contributed by atoms with van der Waals surface area (Å²) < 4.78 is 5.79. The van der Waals surface area contributed by atoms with E-state index < -0.39 is 0 Å². The Hall–Kier alpha value is -3.14. The summed E-state index contributed by atoms with van der Waals surface area (Å²) >= 11 is 0. The highest BCUT2D eigenvalue weighted by molar-refractivity contribution is 5.76. The van der Waals surface area contributed by atoms with Crippen LogP contribution in [0.25, 0.3) is 0 Å². The lowest BCUT2D eigenvalue weighted by molar-refractivity contribution is -0.121. The van der Waals surface area contributed by atoms with Crippen molar-refractivity contribution in [3.05, 3.63) is 94.8 Å². The Balaban J connectivity index is 1.46. The van der Waals surface area contributed by atoms with Gasteiger partial charge in [-0.25, -0.2) is 0 Å². The molecule has 1 heterocycles. The molecule has 0 aliphatic carbocycles. The van der Waals surface area contributed by atoms with Crippen molar-refractivity contribution in [2.45, 2.75) is 39.8 Å². The molecule has 0 aliphatic rings. The monoisotopic (exact) mass is 374 g/mol. The Morgan fingerprint density at radius 2 is 1.93 bits per heavy atom.